The van der Waals surface area contributed by atoms with Crippen LogP contribution in [-0.4, -0.2) is 15.3 Å². The third kappa shape index (κ3) is 7.49. The van der Waals surface area contributed by atoms with Gasteiger partial charge in [0.05, 0.1) is 16.9 Å². The van der Waals surface area contributed by atoms with Gasteiger partial charge in [-0.25, -0.2) is 0 Å². The molecule has 138 valence electrons. The summed E-state index contributed by atoms with van der Waals surface area (Å²) < 4.78 is 1.88. The van der Waals surface area contributed by atoms with Crippen LogP contribution < -0.4 is 15.2 Å². The molecular formula is C17H22Cl3N4Ru+. The summed E-state index contributed by atoms with van der Waals surface area (Å²) in [6, 6.07) is 8.11. The number of alkyl halides is 1. The van der Waals surface area contributed by atoms with E-state index in [0.717, 1.165) is 17.3 Å². The van der Waals surface area contributed by atoms with Gasteiger partial charge in [-0.1, -0.05) is 35.9 Å². The van der Waals surface area contributed by atoms with Crippen molar-refractivity contribution in [1.29, 1.82) is 0 Å². The number of nitrogens with one attached hydrogen (secondary N) is 2. The Morgan fingerprint density at radius 2 is 2.00 bits per heavy atom. The Bertz CT molecular complexity index is 825. The topological polar surface area (TPSA) is 48.4 Å². The minimum absolute atomic E-state index is 0.0302. The van der Waals surface area contributed by atoms with E-state index in [1.165, 1.54) is 10.6 Å². The molecule has 0 saturated heterocycles. The van der Waals surface area contributed by atoms with Crippen LogP contribution in [0.25, 0.3) is 23.1 Å². The number of hydrogen-bond donors (Lipinski definition) is 2. The predicted octanol–water partition coefficient (Wildman–Crippen LogP) is 3.99. The van der Waals surface area contributed by atoms with Crippen LogP contribution in [0.15, 0.2) is 36.7 Å². The summed E-state index contributed by atoms with van der Waals surface area (Å²) in [4.78, 5) is 0. The molecule has 0 spiro atoms. The maximum absolute atomic E-state index is 5.91. The number of hydrogen-bond acceptors (Lipinski definition) is 1. The third-order valence-electron chi connectivity index (χ3n) is 3.29. The van der Waals surface area contributed by atoms with Crippen molar-refractivity contribution < 1.29 is 19.8 Å². The second-order valence-electron chi connectivity index (χ2n) is 5.00. The van der Waals surface area contributed by atoms with E-state index < -0.39 is 0 Å². The molecule has 4 nitrogen and oxygen atoms in total. The van der Waals surface area contributed by atoms with Gasteiger partial charge in [0.1, 0.15) is 5.52 Å². The molecule has 0 bridgehead atoms. The Labute approximate surface area is 168 Å². The van der Waals surface area contributed by atoms with Crippen molar-refractivity contribution in [3.63, 3.8) is 0 Å². The van der Waals surface area contributed by atoms with E-state index >= 15 is 0 Å². The molecule has 8 heteroatoms. The Morgan fingerprint density at radius 3 is 2.56 bits per heavy atom. The van der Waals surface area contributed by atoms with Gasteiger partial charge in [0.25, 0.3) is 5.50 Å². The molecule has 2 N–H and O–H groups in total. The monoisotopic (exact) mass is 489 g/mol. The fraction of sp³-hybridized carbons (Fsp3) is 0.294. The quantitative estimate of drug-likeness (QED) is 0.319. The first-order valence-corrected chi connectivity index (χ1v) is 12.6. The van der Waals surface area contributed by atoms with Crippen LogP contribution >= 0.6 is 31.0 Å². The molecule has 3 rings (SSSR count). The minimum atomic E-state index is -0.346. The van der Waals surface area contributed by atoms with E-state index in [1.807, 2.05) is 55.2 Å². The normalized spacial score (nSPS) is 13.2. The van der Waals surface area contributed by atoms with Gasteiger partial charge in [-0.05, 0) is 37.1 Å². The number of halogens is 3. The van der Waals surface area contributed by atoms with Crippen LogP contribution in [-0.2, 0) is 15.1 Å². The van der Waals surface area contributed by atoms with Gasteiger partial charge in [0.2, 0.25) is 6.20 Å². The fourth-order valence-electron chi connectivity index (χ4n) is 2.13. The summed E-state index contributed by atoms with van der Waals surface area (Å²) in [5.74, 6) is 0. The van der Waals surface area contributed by atoms with Crippen molar-refractivity contribution in [2.45, 2.75) is 32.7 Å². The average molecular weight is 490 g/mol. The van der Waals surface area contributed by atoms with Crippen LogP contribution in [0.3, 0.4) is 0 Å². The summed E-state index contributed by atoms with van der Waals surface area (Å²) in [6.45, 7) is 6.05. The van der Waals surface area contributed by atoms with Crippen LogP contribution in [0, 0.1) is 0 Å². The maximum atomic E-state index is 5.91. The molecule has 0 fully saturated rings. The summed E-state index contributed by atoms with van der Waals surface area (Å²) in [5.41, 5.74) is 1.09. The second-order valence-corrected chi connectivity index (χ2v) is 8.27. The molecule has 0 aliphatic rings. The average Bonchev–Trinajstić information content (AvgIpc) is 3.22. The molecular weight excluding hydrogens is 468 g/mol. The summed E-state index contributed by atoms with van der Waals surface area (Å²) in [5, 5.41) is 13.5. The number of benzene rings is 1. The Morgan fingerprint density at radius 1 is 1.32 bits per heavy atom. The molecule has 2 aromatic heterocycles. The Hall–Kier alpha value is -0.867. The number of aromatic amines is 2. The van der Waals surface area contributed by atoms with E-state index in [0.29, 0.717) is 0 Å². The number of fused-ring (bicyclic) bond motifs is 1. The van der Waals surface area contributed by atoms with Gasteiger partial charge in [-0.2, -0.15) is 10.2 Å². The molecule has 1 unspecified atom stereocenters. The zero-order chi connectivity index (χ0) is 18.7. The number of para-hydroxylation sites is 1. The van der Waals surface area contributed by atoms with Crippen LogP contribution in [0.1, 0.15) is 32.7 Å². The summed E-state index contributed by atoms with van der Waals surface area (Å²) in [7, 11) is 9.71. The van der Waals surface area contributed by atoms with Gasteiger partial charge in [-0.15, -0.1) is 0 Å². The molecule has 1 atom stereocenters. The van der Waals surface area contributed by atoms with E-state index in [9.17, 15) is 0 Å². The molecule has 0 radical (unpaired) electrons. The number of nitrogens with zero attached hydrogens (tertiary/aromatic N) is 2. The van der Waals surface area contributed by atoms with Gasteiger partial charge in [0.15, 0.2) is 0 Å². The Kier molecular flexibility index (Phi) is 11.1. The van der Waals surface area contributed by atoms with Crippen molar-refractivity contribution in [2.75, 3.05) is 0 Å². The van der Waals surface area contributed by atoms with Crippen molar-refractivity contribution in [2.24, 2.45) is 0 Å². The van der Waals surface area contributed by atoms with E-state index in [4.69, 9.17) is 31.0 Å². The summed E-state index contributed by atoms with van der Waals surface area (Å²) >= 11 is 5.56. The molecule has 0 aliphatic carbocycles. The summed E-state index contributed by atoms with van der Waals surface area (Å²) in [6.07, 6.45) is 9.06. The SMILES string of the molecule is C/C=c1/cn[nH]/c1=C/CC.CC(Cl)[n+]1cc2ccccc2[nH]1.[Cl][Ru][Cl]. The molecule has 25 heavy (non-hydrogen) atoms. The third-order valence-corrected chi connectivity index (χ3v) is 3.50. The van der Waals surface area contributed by atoms with Crippen LogP contribution in [0.5, 0.6) is 0 Å². The van der Waals surface area contributed by atoms with Gasteiger partial charge >= 0.3 is 34.5 Å². The Balaban J connectivity index is 0.000000220. The van der Waals surface area contributed by atoms with Crippen molar-refractivity contribution in [1.82, 2.24) is 15.3 Å². The van der Waals surface area contributed by atoms with E-state index in [2.05, 4.69) is 34.4 Å². The van der Waals surface area contributed by atoms with Gasteiger partial charge in [-0.3, -0.25) is 5.10 Å². The van der Waals surface area contributed by atoms with Crippen molar-refractivity contribution in [3.05, 3.63) is 47.2 Å². The zero-order valence-corrected chi connectivity index (χ0v) is 18.3. The van der Waals surface area contributed by atoms with Crippen LogP contribution in [0.2, 0.25) is 0 Å². The molecule has 3 aromatic rings. The van der Waals surface area contributed by atoms with E-state index in [-0.39, 0.29) is 20.6 Å². The first-order chi connectivity index (χ1) is 12.1. The van der Waals surface area contributed by atoms with Crippen molar-refractivity contribution >= 4 is 54.0 Å². The standard InChI is InChI=1S/C9H9ClN2.C8H12N2.2ClH.Ru/c1-7(10)12-6-8-4-2-3-5-9(8)11-12;1-3-5-8-7(4-2)6-9-10-8;;;/h2-7H,1H3;4-6,10H,3H2,1-2H3;2*1H;/q;;;;+2/p-1/b;7-4-,8-5+;;;. The molecule has 0 amide bonds. The van der Waals surface area contributed by atoms with Gasteiger partial charge < -0.3 is 0 Å². The first-order valence-electron chi connectivity index (χ1n) is 7.71. The van der Waals surface area contributed by atoms with Gasteiger partial charge in [0, 0.05) is 12.1 Å². The van der Waals surface area contributed by atoms with E-state index in [1.54, 1.807) is 0 Å². The molecule has 0 aliphatic heterocycles. The molecule has 1 aromatic carbocycles. The number of rotatable bonds is 2. The number of aromatic nitrogens is 4. The molecule has 0 saturated carbocycles. The first kappa shape index (κ1) is 22.2. The predicted molar refractivity (Wildman–Crippen MR) is 103 cm³/mol. The zero-order valence-electron chi connectivity index (χ0n) is 14.3. The molecule has 2 heterocycles. The van der Waals surface area contributed by atoms with Crippen molar-refractivity contribution in [3.8, 4) is 0 Å². The van der Waals surface area contributed by atoms with Crippen LogP contribution in [0.4, 0.5) is 0 Å². The second kappa shape index (κ2) is 12.5. The fourth-order valence-corrected chi connectivity index (χ4v) is 2.23. The number of H-pyrrole nitrogens is 2.